The minimum absolute atomic E-state index is 0.591. The normalized spacial score (nSPS) is 10.6. The Hall–Kier alpha value is -0.970. The van der Waals surface area contributed by atoms with Crippen LogP contribution in [0.5, 0.6) is 0 Å². The third-order valence-electron chi connectivity index (χ3n) is 2.04. The van der Waals surface area contributed by atoms with Gasteiger partial charge >= 0.3 is 0 Å². The molecule has 0 saturated carbocycles. The molecule has 0 atom stereocenters. The number of nitrogens with zero attached hydrogens (tertiary/aromatic N) is 1. The molecule has 0 aliphatic rings. The molecule has 1 aromatic heterocycles. The Balaban J connectivity index is 2.16. The lowest BCUT2D eigenvalue weighted by Crippen LogP contribution is -2.02. The fourth-order valence-electron chi connectivity index (χ4n) is 1.30. The number of aromatic nitrogens is 1. The summed E-state index contributed by atoms with van der Waals surface area (Å²) in [6.07, 6.45) is 3.99. The molecule has 84 valence electrons. The second-order valence-corrected chi connectivity index (χ2v) is 4.60. The van der Waals surface area contributed by atoms with E-state index >= 15 is 0 Å². The summed E-state index contributed by atoms with van der Waals surface area (Å²) in [5.41, 5.74) is 6.63. The van der Waals surface area contributed by atoms with E-state index in [4.69, 9.17) is 21.8 Å². The van der Waals surface area contributed by atoms with Crippen LogP contribution in [-0.4, -0.2) is 11.5 Å². The Kier molecular flexibility index (Phi) is 3.88. The van der Waals surface area contributed by atoms with E-state index in [-0.39, 0.29) is 0 Å². The standard InChI is InChI=1S/C11H11ClN2OS/c12-9-7-8(3-4-13)1-2-10(9)16-11-14-5-6-15-11/h1-2,5-7H,3-4,13H2. The van der Waals surface area contributed by atoms with Gasteiger partial charge in [0, 0.05) is 4.90 Å². The van der Waals surface area contributed by atoms with E-state index in [9.17, 15) is 0 Å². The van der Waals surface area contributed by atoms with Gasteiger partial charge in [-0.3, -0.25) is 0 Å². The lowest BCUT2D eigenvalue weighted by atomic mass is 10.1. The van der Waals surface area contributed by atoms with Crippen molar-refractivity contribution in [2.24, 2.45) is 5.73 Å². The molecule has 0 aliphatic carbocycles. The topological polar surface area (TPSA) is 52.0 Å². The molecule has 0 saturated heterocycles. The zero-order valence-electron chi connectivity index (χ0n) is 8.52. The quantitative estimate of drug-likeness (QED) is 0.911. The van der Waals surface area contributed by atoms with E-state index < -0.39 is 0 Å². The Bertz CT molecular complexity index is 459. The highest BCUT2D eigenvalue weighted by Crippen LogP contribution is 2.32. The highest BCUT2D eigenvalue weighted by atomic mass is 35.5. The van der Waals surface area contributed by atoms with Crippen LogP contribution in [0.1, 0.15) is 5.56 Å². The summed E-state index contributed by atoms with van der Waals surface area (Å²) in [4.78, 5) is 4.96. The molecule has 0 radical (unpaired) electrons. The van der Waals surface area contributed by atoms with Crippen molar-refractivity contribution < 1.29 is 4.42 Å². The molecule has 0 fully saturated rings. The van der Waals surface area contributed by atoms with Crippen LogP contribution >= 0.6 is 23.4 Å². The number of oxazole rings is 1. The summed E-state index contributed by atoms with van der Waals surface area (Å²) in [5.74, 6) is 0. The van der Waals surface area contributed by atoms with Gasteiger partial charge in [0.25, 0.3) is 5.22 Å². The van der Waals surface area contributed by atoms with Crippen LogP contribution < -0.4 is 5.73 Å². The molecule has 0 aliphatic heterocycles. The minimum atomic E-state index is 0.591. The van der Waals surface area contributed by atoms with Gasteiger partial charge in [-0.1, -0.05) is 17.7 Å². The van der Waals surface area contributed by atoms with Gasteiger partial charge in [-0.2, -0.15) is 0 Å². The summed E-state index contributed by atoms with van der Waals surface area (Å²) < 4.78 is 5.14. The number of nitrogens with two attached hydrogens (primary N) is 1. The van der Waals surface area contributed by atoms with Crippen LogP contribution in [-0.2, 0) is 6.42 Å². The summed E-state index contributed by atoms with van der Waals surface area (Å²) in [5, 5.41) is 1.29. The first kappa shape index (κ1) is 11.5. The molecule has 0 spiro atoms. The van der Waals surface area contributed by atoms with Crippen LogP contribution in [0.2, 0.25) is 5.02 Å². The third-order valence-corrected chi connectivity index (χ3v) is 3.41. The van der Waals surface area contributed by atoms with E-state index in [1.807, 2.05) is 18.2 Å². The molecular formula is C11H11ClN2OS. The molecular weight excluding hydrogens is 244 g/mol. The number of benzene rings is 1. The van der Waals surface area contributed by atoms with Gasteiger partial charge in [0.2, 0.25) is 0 Å². The molecule has 3 nitrogen and oxygen atoms in total. The van der Waals surface area contributed by atoms with Crippen molar-refractivity contribution in [1.29, 1.82) is 0 Å². The SMILES string of the molecule is NCCc1ccc(Sc2ncco2)c(Cl)c1. The van der Waals surface area contributed by atoms with Crippen molar-refractivity contribution >= 4 is 23.4 Å². The highest BCUT2D eigenvalue weighted by molar-refractivity contribution is 7.99. The number of hydrogen-bond acceptors (Lipinski definition) is 4. The lowest BCUT2D eigenvalue weighted by molar-refractivity contribution is 0.454. The van der Waals surface area contributed by atoms with Gasteiger partial charge in [-0.05, 0) is 42.4 Å². The van der Waals surface area contributed by atoms with Gasteiger partial charge in [-0.15, -0.1) is 0 Å². The zero-order valence-corrected chi connectivity index (χ0v) is 10.1. The maximum atomic E-state index is 6.15. The van der Waals surface area contributed by atoms with Crippen LogP contribution in [0.3, 0.4) is 0 Å². The van der Waals surface area contributed by atoms with Gasteiger partial charge < -0.3 is 10.2 Å². The van der Waals surface area contributed by atoms with E-state index in [1.54, 1.807) is 12.5 Å². The van der Waals surface area contributed by atoms with Crippen molar-refractivity contribution in [2.75, 3.05) is 6.54 Å². The fourth-order valence-corrected chi connectivity index (χ4v) is 2.32. The summed E-state index contributed by atoms with van der Waals surface area (Å²) in [7, 11) is 0. The van der Waals surface area contributed by atoms with Crippen molar-refractivity contribution in [3.63, 3.8) is 0 Å². The largest absolute Gasteiger partial charge is 0.440 e. The second-order valence-electron chi connectivity index (χ2n) is 3.20. The summed E-state index contributed by atoms with van der Waals surface area (Å²) >= 11 is 7.56. The number of rotatable bonds is 4. The van der Waals surface area contributed by atoms with Crippen LogP contribution in [0.15, 0.2) is 45.2 Å². The van der Waals surface area contributed by atoms with Crippen molar-refractivity contribution in [3.8, 4) is 0 Å². The van der Waals surface area contributed by atoms with Crippen LogP contribution in [0.4, 0.5) is 0 Å². The Labute approximate surface area is 103 Å². The van der Waals surface area contributed by atoms with Gasteiger partial charge in [0.1, 0.15) is 6.26 Å². The molecule has 1 aromatic carbocycles. The minimum Gasteiger partial charge on any atom is -0.440 e. The maximum absolute atomic E-state index is 6.15. The van der Waals surface area contributed by atoms with E-state index in [0.29, 0.717) is 16.8 Å². The molecule has 0 bridgehead atoms. The van der Waals surface area contributed by atoms with Crippen molar-refractivity contribution in [3.05, 3.63) is 41.2 Å². The molecule has 16 heavy (non-hydrogen) atoms. The van der Waals surface area contributed by atoms with E-state index in [1.165, 1.54) is 11.8 Å². The van der Waals surface area contributed by atoms with E-state index in [2.05, 4.69) is 4.98 Å². The maximum Gasteiger partial charge on any atom is 0.260 e. The first-order chi connectivity index (χ1) is 7.79. The zero-order chi connectivity index (χ0) is 11.4. The molecule has 2 N–H and O–H groups in total. The summed E-state index contributed by atoms with van der Waals surface area (Å²) in [6, 6.07) is 5.91. The highest BCUT2D eigenvalue weighted by Gasteiger charge is 2.06. The van der Waals surface area contributed by atoms with Crippen molar-refractivity contribution in [1.82, 2.24) is 4.98 Å². The smallest absolute Gasteiger partial charge is 0.260 e. The molecule has 1 heterocycles. The van der Waals surface area contributed by atoms with Gasteiger partial charge in [-0.25, -0.2) is 4.98 Å². The molecule has 2 aromatic rings. The lowest BCUT2D eigenvalue weighted by Gasteiger charge is -2.04. The van der Waals surface area contributed by atoms with Crippen LogP contribution in [0.25, 0.3) is 0 Å². The first-order valence-corrected chi connectivity index (χ1v) is 6.05. The Morgan fingerprint density at radius 3 is 2.94 bits per heavy atom. The third kappa shape index (κ3) is 2.78. The average molecular weight is 255 g/mol. The van der Waals surface area contributed by atoms with E-state index in [0.717, 1.165) is 16.9 Å². The first-order valence-electron chi connectivity index (χ1n) is 4.85. The van der Waals surface area contributed by atoms with Crippen molar-refractivity contribution in [2.45, 2.75) is 16.5 Å². The predicted molar refractivity (Wildman–Crippen MR) is 64.8 cm³/mol. The molecule has 0 amide bonds. The monoisotopic (exact) mass is 254 g/mol. The molecule has 5 heteroatoms. The fraction of sp³-hybridized carbons (Fsp3) is 0.182. The molecule has 2 rings (SSSR count). The summed E-state index contributed by atoms with van der Waals surface area (Å²) in [6.45, 7) is 0.628. The van der Waals surface area contributed by atoms with Gasteiger partial charge in [0.15, 0.2) is 0 Å². The second kappa shape index (κ2) is 5.39. The van der Waals surface area contributed by atoms with Crippen LogP contribution in [0, 0.1) is 0 Å². The Morgan fingerprint density at radius 1 is 1.44 bits per heavy atom. The average Bonchev–Trinajstić information content (AvgIpc) is 2.75. The molecule has 0 unspecified atom stereocenters. The number of halogens is 1. The Morgan fingerprint density at radius 2 is 2.31 bits per heavy atom. The number of hydrogen-bond donors (Lipinski definition) is 1. The predicted octanol–water partition coefficient (Wildman–Crippen LogP) is 2.98. The van der Waals surface area contributed by atoms with Gasteiger partial charge in [0.05, 0.1) is 11.2 Å².